The molecule has 3 heteroatoms. The van der Waals surface area contributed by atoms with Crippen molar-refractivity contribution in [2.75, 3.05) is 33.4 Å². The lowest BCUT2D eigenvalue weighted by Crippen LogP contribution is -2.55. The lowest BCUT2D eigenvalue weighted by atomic mass is 9.56. The van der Waals surface area contributed by atoms with Crippen molar-refractivity contribution >= 4 is 0 Å². The van der Waals surface area contributed by atoms with E-state index in [4.69, 9.17) is 4.74 Å². The molecule has 1 heterocycles. The first kappa shape index (κ1) is 12.9. The molecule has 1 aliphatic heterocycles. The molecule has 104 valence electrons. The average Bonchev–Trinajstić information content (AvgIpc) is 3.00. The summed E-state index contributed by atoms with van der Waals surface area (Å²) in [6.07, 6.45) is 7.31. The average molecular weight is 253 g/mol. The number of hydrogen-bond donors (Lipinski definition) is 1. The molecule has 0 amide bonds. The Bertz CT molecular complexity index is 304. The number of rotatable bonds is 4. The second-order valence-electron chi connectivity index (χ2n) is 7.56. The Morgan fingerprint density at radius 1 is 1.11 bits per heavy atom. The van der Waals surface area contributed by atoms with Crippen molar-refractivity contribution in [1.29, 1.82) is 0 Å². The van der Waals surface area contributed by atoms with E-state index < -0.39 is 0 Å². The van der Waals surface area contributed by atoms with E-state index in [2.05, 4.69) is 4.90 Å². The van der Waals surface area contributed by atoms with Crippen molar-refractivity contribution in [3.05, 3.63) is 0 Å². The monoisotopic (exact) mass is 253 g/mol. The van der Waals surface area contributed by atoms with Gasteiger partial charge in [-0.05, 0) is 64.0 Å². The van der Waals surface area contributed by atoms with Crippen LogP contribution in [0.1, 0.15) is 45.4 Å². The van der Waals surface area contributed by atoms with Gasteiger partial charge in [-0.25, -0.2) is 0 Å². The highest BCUT2D eigenvalue weighted by molar-refractivity contribution is 5.05. The van der Waals surface area contributed by atoms with Gasteiger partial charge in [0.05, 0.1) is 12.2 Å². The van der Waals surface area contributed by atoms with Crippen LogP contribution in [0.15, 0.2) is 0 Å². The van der Waals surface area contributed by atoms with E-state index in [0.29, 0.717) is 10.8 Å². The first-order valence-electron chi connectivity index (χ1n) is 7.40. The molecule has 1 N–H and O–H groups in total. The van der Waals surface area contributed by atoms with E-state index in [1.54, 1.807) is 0 Å². The highest BCUT2D eigenvalue weighted by atomic mass is 16.5. The van der Waals surface area contributed by atoms with E-state index in [9.17, 15) is 5.11 Å². The maximum atomic E-state index is 9.93. The van der Waals surface area contributed by atoms with Crippen LogP contribution in [-0.2, 0) is 4.74 Å². The Morgan fingerprint density at radius 3 is 2.17 bits per heavy atom. The van der Waals surface area contributed by atoms with E-state index in [1.165, 1.54) is 45.3 Å². The van der Waals surface area contributed by atoms with Gasteiger partial charge in [0, 0.05) is 19.1 Å². The Kier molecular flexibility index (Phi) is 3.00. The Balaban J connectivity index is 1.47. The number of hydrogen-bond acceptors (Lipinski definition) is 3. The number of ether oxygens (including phenoxy) is 1. The molecular weight excluding hydrogens is 226 g/mol. The largest absolute Gasteiger partial charge is 0.390 e. The van der Waals surface area contributed by atoms with Crippen molar-refractivity contribution in [2.24, 2.45) is 10.8 Å². The van der Waals surface area contributed by atoms with Gasteiger partial charge in [0.25, 0.3) is 0 Å². The van der Waals surface area contributed by atoms with Crippen LogP contribution in [0.3, 0.4) is 0 Å². The second-order valence-corrected chi connectivity index (χ2v) is 7.56. The van der Waals surface area contributed by atoms with Crippen molar-refractivity contribution < 1.29 is 9.84 Å². The zero-order valence-electron chi connectivity index (χ0n) is 11.9. The predicted molar refractivity (Wildman–Crippen MR) is 71.5 cm³/mol. The highest BCUT2D eigenvalue weighted by Gasteiger charge is 2.52. The summed E-state index contributed by atoms with van der Waals surface area (Å²) < 4.78 is 5.35. The molecule has 0 atom stereocenters. The lowest BCUT2D eigenvalue weighted by Gasteiger charge is -2.55. The fourth-order valence-corrected chi connectivity index (χ4v) is 4.41. The third-order valence-corrected chi connectivity index (χ3v) is 5.40. The minimum atomic E-state index is -0.365. The van der Waals surface area contributed by atoms with Gasteiger partial charge in [-0.15, -0.1) is 0 Å². The van der Waals surface area contributed by atoms with Crippen LogP contribution in [-0.4, -0.2) is 49.0 Å². The molecule has 3 fully saturated rings. The van der Waals surface area contributed by atoms with Crippen molar-refractivity contribution in [1.82, 2.24) is 4.90 Å². The molecule has 1 saturated heterocycles. The molecule has 18 heavy (non-hydrogen) atoms. The minimum absolute atomic E-state index is 0.365. The topological polar surface area (TPSA) is 32.7 Å². The smallest absolute Gasteiger partial charge is 0.0630 e. The SMILES string of the molecule is COCC1(CN2CCC3(CC2)CC(C)(O)C3)CC1. The number of nitrogens with zero attached hydrogens (tertiary/aromatic N) is 1. The van der Waals surface area contributed by atoms with Crippen LogP contribution in [0.4, 0.5) is 0 Å². The molecule has 0 aromatic heterocycles. The van der Waals surface area contributed by atoms with Gasteiger partial charge >= 0.3 is 0 Å². The zero-order valence-corrected chi connectivity index (χ0v) is 11.9. The molecule has 0 aromatic rings. The molecule has 0 aromatic carbocycles. The number of piperidine rings is 1. The van der Waals surface area contributed by atoms with Gasteiger partial charge in [0.2, 0.25) is 0 Å². The van der Waals surface area contributed by atoms with Crippen molar-refractivity contribution in [3.63, 3.8) is 0 Å². The van der Waals surface area contributed by atoms with Crippen LogP contribution >= 0.6 is 0 Å². The molecule has 2 saturated carbocycles. The summed E-state index contributed by atoms with van der Waals surface area (Å²) in [7, 11) is 1.82. The zero-order chi connectivity index (χ0) is 12.9. The third kappa shape index (κ3) is 2.45. The predicted octanol–water partition coefficient (Wildman–Crippen LogP) is 2.04. The first-order valence-corrected chi connectivity index (χ1v) is 7.40. The summed E-state index contributed by atoms with van der Waals surface area (Å²) in [5.74, 6) is 0. The Morgan fingerprint density at radius 2 is 1.72 bits per heavy atom. The summed E-state index contributed by atoms with van der Waals surface area (Å²) in [6, 6.07) is 0. The summed E-state index contributed by atoms with van der Waals surface area (Å²) in [5, 5.41) is 9.93. The van der Waals surface area contributed by atoms with Crippen molar-refractivity contribution in [2.45, 2.75) is 51.0 Å². The quantitative estimate of drug-likeness (QED) is 0.832. The molecule has 3 rings (SSSR count). The summed E-state index contributed by atoms with van der Waals surface area (Å²) in [5.41, 5.74) is 0.609. The maximum Gasteiger partial charge on any atom is 0.0630 e. The van der Waals surface area contributed by atoms with Crippen LogP contribution in [0.5, 0.6) is 0 Å². The third-order valence-electron chi connectivity index (χ3n) is 5.40. The molecule has 1 spiro atoms. The van der Waals surface area contributed by atoms with Crippen LogP contribution in [0.2, 0.25) is 0 Å². The standard InChI is InChI=1S/C15H27NO2/c1-13(17)9-14(10-13)5-7-16(8-6-14)11-15(3-4-15)12-18-2/h17H,3-12H2,1-2H3. The number of aliphatic hydroxyl groups is 1. The normalized spacial score (nSPS) is 32.2. The Hall–Kier alpha value is -0.120. The second kappa shape index (κ2) is 4.19. The van der Waals surface area contributed by atoms with Gasteiger partial charge < -0.3 is 14.7 Å². The van der Waals surface area contributed by atoms with Crippen LogP contribution < -0.4 is 0 Å². The molecule has 3 nitrogen and oxygen atoms in total. The van der Waals surface area contributed by atoms with E-state index in [1.807, 2.05) is 14.0 Å². The fourth-order valence-electron chi connectivity index (χ4n) is 4.41. The summed E-state index contributed by atoms with van der Waals surface area (Å²) in [6.45, 7) is 6.60. The van der Waals surface area contributed by atoms with Crippen LogP contribution in [0.25, 0.3) is 0 Å². The molecular formula is C15H27NO2. The fraction of sp³-hybridized carbons (Fsp3) is 1.00. The first-order chi connectivity index (χ1) is 8.47. The van der Waals surface area contributed by atoms with Gasteiger partial charge in [-0.2, -0.15) is 0 Å². The van der Waals surface area contributed by atoms with Gasteiger partial charge in [0.15, 0.2) is 0 Å². The van der Waals surface area contributed by atoms with Gasteiger partial charge in [-0.1, -0.05) is 0 Å². The molecule has 0 bridgehead atoms. The molecule has 2 aliphatic carbocycles. The Labute approximate surface area is 110 Å². The lowest BCUT2D eigenvalue weighted by molar-refractivity contribution is -0.138. The maximum absolute atomic E-state index is 9.93. The van der Waals surface area contributed by atoms with Gasteiger partial charge in [0.1, 0.15) is 0 Å². The highest BCUT2D eigenvalue weighted by Crippen LogP contribution is 2.55. The number of likely N-dealkylation sites (tertiary alicyclic amines) is 1. The van der Waals surface area contributed by atoms with Crippen molar-refractivity contribution in [3.8, 4) is 0 Å². The minimum Gasteiger partial charge on any atom is -0.390 e. The summed E-state index contributed by atoms with van der Waals surface area (Å²) in [4.78, 5) is 2.63. The summed E-state index contributed by atoms with van der Waals surface area (Å²) >= 11 is 0. The molecule has 3 aliphatic rings. The van der Waals surface area contributed by atoms with E-state index in [0.717, 1.165) is 19.4 Å². The van der Waals surface area contributed by atoms with Crippen LogP contribution in [0, 0.1) is 10.8 Å². The molecule has 0 radical (unpaired) electrons. The van der Waals surface area contributed by atoms with E-state index >= 15 is 0 Å². The molecule has 0 unspecified atom stereocenters. The number of methoxy groups -OCH3 is 1. The van der Waals surface area contributed by atoms with Gasteiger partial charge in [-0.3, -0.25) is 0 Å². The van der Waals surface area contributed by atoms with E-state index in [-0.39, 0.29) is 5.60 Å².